The Morgan fingerprint density at radius 2 is 2.36 bits per heavy atom. The molecular formula is C13H19N5O3S. The van der Waals surface area contributed by atoms with Crippen LogP contribution in [0.1, 0.15) is 5.69 Å². The zero-order valence-electron chi connectivity index (χ0n) is 12.6. The first kappa shape index (κ1) is 15.0. The van der Waals surface area contributed by atoms with Crippen molar-refractivity contribution < 1.29 is 14.3 Å². The molecule has 3 heterocycles. The first-order chi connectivity index (χ1) is 10.6. The van der Waals surface area contributed by atoms with Gasteiger partial charge >= 0.3 is 12.1 Å². The smallest absolute Gasteiger partial charge is 0.410 e. The van der Waals surface area contributed by atoms with Gasteiger partial charge in [0, 0.05) is 26.7 Å². The fraction of sp³-hybridized carbons (Fsp3) is 0.615. The highest BCUT2D eigenvalue weighted by Crippen LogP contribution is 2.18. The number of piperazine rings is 1. The summed E-state index contributed by atoms with van der Waals surface area (Å²) in [6, 6.07) is -0.141. The molecule has 0 aromatic carbocycles. The maximum atomic E-state index is 12.3. The minimum absolute atomic E-state index is 0.0215. The zero-order valence-corrected chi connectivity index (χ0v) is 13.4. The molecule has 3 amide bonds. The summed E-state index contributed by atoms with van der Waals surface area (Å²) in [5.74, 6) is 0. The highest BCUT2D eigenvalue weighted by molar-refractivity contribution is 7.98. The summed E-state index contributed by atoms with van der Waals surface area (Å²) in [5, 5.41) is 3.83. The van der Waals surface area contributed by atoms with Gasteiger partial charge in [0.2, 0.25) is 0 Å². The third-order valence-electron chi connectivity index (χ3n) is 4.05. The Balaban J connectivity index is 1.54. The van der Waals surface area contributed by atoms with Crippen LogP contribution in [0.5, 0.6) is 0 Å². The second-order valence-corrected chi connectivity index (χ2v) is 6.10. The first-order valence-corrected chi connectivity index (χ1v) is 8.33. The predicted molar refractivity (Wildman–Crippen MR) is 80.6 cm³/mol. The van der Waals surface area contributed by atoms with Crippen LogP contribution < -0.4 is 5.32 Å². The van der Waals surface area contributed by atoms with Gasteiger partial charge in [0.05, 0.1) is 24.5 Å². The van der Waals surface area contributed by atoms with Crippen LogP contribution in [-0.4, -0.2) is 70.0 Å². The molecule has 2 saturated heterocycles. The maximum Gasteiger partial charge on any atom is 0.410 e. The number of aromatic nitrogens is 2. The number of amides is 3. The van der Waals surface area contributed by atoms with E-state index >= 15 is 0 Å². The number of rotatable bonds is 3. The lowest BCUT2D eigenvalue weighted by Gasteiger charge is -2.35. The summed E-state index contributed by atoms with van der Waals surface area (Å²) in [4.78, 5) is 31.4. The Labute approximate surface area is 132 Å². The molecule has 0 radical (unpaired) electrons. The van der Waals surface area contributed by atoms with Gasteiger partial charge in [0.15, 0.2) is 5.16 Å². The van der Waals surface area contributed by atoms with Crippen molar-refractivity contribution in [1.29, 1.82) is 0 Å². The number of nitrogens with one attached hydrogen (secondary N) is 1. The molecule has 0 bridgehead atoms. The van der Waals surface area contributed by atoms with Crippen molar-refractivity contribution in [2.75, 3.05) is 32.5 Å². The normalized spacial score (nSPS) is 20.8. The summed E-state index contributed by atoms with van der Waals surface area (Å²) in [6.45, 7) is 2.36. The summed E-state index contributed by atoms with van der Waals surface area (Å²) < 4.78 is 6.97. The number of carbonyl (C=O) groups is 2. The van der Waals surface area contributed by atoms with Crippen LogP contribution in [0.4, 0.5) is 9.59 Å². The lowest BCUT2D eigenvalue weighted by atomic mass is 10.2. The molecule has 1 aromatic rings. The molecular weight excluding hydrogens is 306 g/mol. The van der Waals surface area contributed by atoms with Gasteiger partial charge in [-0.05, 0) is 6.26 Å². The molecule has 8 nitrogen and oxygen atoms in total. The van der Waals surface area contributed by atoms with Gasteiger partial charge in [0.1, 0.15) is 6.61 Å². The van der Waals surface area contributed by atoms with E-state index in [1.807, 2.05) is 17.9 Å². The van der Waals surface area contributed by atoms with Gasteiger partial charge in [0.25, 0.3) is 0 Å². The van der Waals surface area contributed by atoms with Gasteiger partial charge in [-0.1, -0.05) is 11.8 Å². The Morgan fingerprint density at radius 1 is 1.55 bits per heavy atom. The van der Waals surface area contributed by atoms with E-state index in [0.29, 0.717) is 32.8 Å². The lowest BCUT2D eigenvalue weighted by Crippen LogP contribution is -2.55. The topological polar surface area (TPSA) is 79.7 Å². The van der Waals surface area contributed by atoms with Crippen LogP contribution in [0.15, 0.2) is 11.4 Å². The average Bonchev–Trinajstić information content (AvgIpc) is 3.08. The van der Waals surface area contributed by atoms with E-state index in [1.54, 1.807) is 27.8 Å². The van der Waals surface area contributed by atoms with E-state index in [9.17, 15) is 9.59 Å². The second kappa shape index (κ2) is 6.07. The maximum absolute atomic E-state index is 12.3. The number of hydrogen-bond donors (Lipinski definition) is 1. The fourth-order valence-corrected chi connectivity index (χ4v) is 3.28. The fourth-order valence-electron chi connectivity index (χ4n) is 2.73. The van der Waals surface area contributed by atoms with Crippen molar-refractivity contribution in [2.45, 2.75) is 17.7 Å². The van der Waals surface area contributed by atoms with E-state index < -0.39 is 0 Å². The van der Waals surface area contributed by atoms with Crippen molar-refractivity contribution in [3.05, 3.63) is 11.9 Å². The number of hydrogen-bond acceptors (Lipinski definition) is 5. The highest BCUT2D eigenvalue weighted by Gasteiger charge is 2.38. The van der Waals surface area contributed by atoms with Crippen LogP contribution in [-0.2, 0) is 18.3 Å². The molecule has 0 spiro atoms. The number of carbonyl (C=O) groups excluding carboxylic acids is 2. The van der Waals surface area contributed by atoms with Crippen LogP contribution in [0.25, 0.3) is 0 Å². The number of ether oxygens (including phenoxy) is 1. The number of nitrogens with zero attached hydrogens (tertiary/aromatic N) is 4. The predicted octanol–water partition coefficient (Wildman–Crippen LogP) is 0.488. The largest absolute Gasteiger partial charge is 0.447 e. The number of cyclic esters (lactones) is 1. The Hall–Kier alpha value is -1.90. The van der Waals surface area contributed by atoms with Crippen molar-refractivity contribution in [3.63, 3.8) is 0 Å². The third-order valence-corrected chi connectivity index (χ3v) is 4.79. The Bertz CT molecular complexity index is 590. The van der Waals surface area contributed by atoms with E-state index in [4.69, 9.17) is 4.74 Å². The van der Waals surface area contributed by atoms with E-state index in [0.717, 1.165) is 10.9 Å². The molecule has 2 aliphatic heterocycles. The molecule has 2 aliphatic rings. The average molecular weight is 325 g/mol. The minimum atomic E-state index is -0.274. The van der Waals surface area contributed by atoms with Gasteiger partial charge < -0.3 is 19.5 Å². The lowest BCUT2D eigenvalue weighted by molar-refractivity contribution is 0.127. The zero-order chi connectivity index (χ0) is 15.7. The van der Waals surface area contributed by atoms with E-state index in [-0.39, 0.29) is 18.2 Å². The molecule has 120 valence electrons. The standard InChI is InChI=1S/C13H19N5O3S/c1-16-9(6-15-12(16)22-2)5-14-11(19)17-3-4-18-10(7-17)8-21-13(18)20/h6,10H,3-5,7-8H2,1-2H3,(H,14,19)/t10-/m0/s1. The van der Waals surface area contributed by atoms with Crippen molar-refractivity contribution in [3.8, 4) is 0 Å². The van der Waals surface area contributed by atoms with Crippen LogP contribution >= 0.6 is 11.8 Å². The molecule has 9 heteroatoms. The molecule has 0 saturated carbocycles. The van der Waals surface area contributed by atoms with Gasteiger partial charge in [-0.15, -0.1) is 0 Å². The SMILES string of the molecule is CSc1ncc(CNC(=O)N2CCN3C(=O)OC[C@@H]3C2)n1C. The first-order valence-electron chi connectivity index (χ1n) is 7.11. The van der Waals surface area contributed by atoms with Gasteiger partial charge in [-0.25, -0.2) is 14.6 Å². The molecule has 0 unspecified atom stereocenters. The summed E-state index contributed by atoms with van der Waals surface area (Å²) in [7, 11) is 1.93. The molecule has 22 heavy (non-hydrogen) atoms. The minimum Gasteiger partial charge on any atom is -0.447 e. The molecule has 1 aromatic heterocycles. The van der Waals surface area contributed by atoms with Gasteiger partial charge in [-0.2, -0.15) is 0 Å². The Morgan fingerprint density at radius 3 is 3.09 bits per heavy atom. The van der Waals surface area contributed by atoms with Crippen LogP contribution in [0, 0.1) is 0 Å². The molecule has 3 rings (SSSR count). The molecule has 1 atom stereocenters. The van der Waals surface area contributed by atoms with E-state index in [2.05, 4.69) is 10.3 Å². The number of urea groups is 1. The van der Waals surface area contributed by atoms with Crippen molar-refractivity contribution in [2.24, 2.45) is 7.05 Å². The number of imidazole rings is 1. The van der Waals surface area contributed by atoms with Crippen molar-refractivity contribution in [1.82, 2.24) is 24.7 Å². The quantitative estimate of drug-likeness (QED) is 0.818. The van der Waals surface area contributed by atoms with Crippen molar-refractivity contribution >= 4 is 23.9 Å². The van der Waals surface area contributed by atoms with E-state index in [1.165, 1.54) is 0 Å². The molecule has 1 N–H and O–H groups in total. The van der Waals surface area contributed by atoms with Crippen LogP contribution in [0.2, 0.25) is 0 Å². The molecule has 0 aliphatic carbocycles. The highest BCUT2D eigenvalue weighted by atomic mass is 32.2. The summed E-state index contributed by atoms with van der Waals surface area (Å²) in [6.07, 6.45) is 3.47. The van der Waals surface area contributed by atoms with Crippen LogP contribution in [0.3, 0.4) is 0 Å². The Kier molecular flexibility index (Phi) is 4.14. The number of fused-ring (bicyclic) bond motifs is 1. The molecule has 2 fully saturated rings. The monoisotopic (exact) mass is 325 g/mol. The summed E-state index contributed by atoms with van der Waals surface area (Å²) in [5.41, 5.74) is 0.954. The second-order valence-electron chi connectivity index (χ2n) is 5.32. The number of thioether (sulfide) groups is 1. The summed E-state index contributed by atoms with van der Waals surface area (Å²) >= 11 is 1.57. The van der Waals surface area contributed by atoms with Gasteiger partial charge in [-0.3, -0.25) is 4.90 Å². The third kappa shape index (κ3) is 2.72.